The Morgan fingerprint density at radius 2 is 1.89 bits per heavy atom. The topological polar surface area (TPSA) is 78.6 Å². The van der Waals surface area contributed by atoms with Crippen molar-refractivity contribution in [3.05, 3.63) is 0 Å². The number of sulfone groups is 1. The van der Waals surface area contributed by atoms with Gasteiger partial charge in [-0.3, -0.25) is 0 Å². The fourth-order valence-electron chi connectivity index (χ4n) is 3.08. The summed E-state index contributed by atoms with van der Waals surface area (Å²) < 4.78 is 34.7. The highest BCUT2D eigenvalue weighted by Gasteiger charge is 2.62. The Labute approximate surface area is 109 Å². The van der Waals surface area contributed by atoms with E-state index in [2.05, 4.69) is 0 Å². The maximum absolute atomic E-state index is 12.0. The maximum atomic E-state index is 12.0. The van der Waals surface area contributed by atoms with Gasteiger partial charge in [0, 0.05) is 12.2 Å². The molecule has 3 atom stereocenters. The summed E-state index contributed by atoms with van der Waals surface area (Å²) in [6, 6.07) is 0. The third-order valence-electron chi connectivity index (χ3n) is 4.39. The lowest BCUT2D eigenvalue weighted by Gasteiger charge is -2.34. The first-order chi connectivity index (χ1) is 7.89. The Kier molecular flexibility index (Phi) is 2.92. The Hall–Kier alpha value is -0.170. The number of hydrogen-bond acceptors (Lipinski definition) is 5. The highest BCUT2D eigenvalue weighted by atomic mass is 32.2. The molecule has 1 saturated carbocycles. The van der Waals surface area contributed by atoms with Crippen LogP contribution in [0.4, 0.5) is 0 Å². The standard InChI is InChI=1S/C12H23NO4S/c1-10(2,18(5,14)15)8-6-7-12(13)9(8)16-11(3,4)17-12/h8-9H,6-7,13H2,1-5H3. The van der Waals surface area contributed by atoms with Crippen molar-refractivity contribution in [2.75, 3.05) is 6.26 Å². The zero-order chi connectivity index (χ0) is 14.0. The number of rotatable bonds is 2. The first kappa shape index (κ1) is 14.2. The van der Waals surface area contributed by atoms with Gasteiger partial charge in [0.1, 0.15) is 11.8 Å². The van der Waals surface area contributed by atoms with Gasteiger partial charge in [0.15, 0.2) is 15.6 Å². The molecule has 0 spiro atoms. The number of ether oxygens (including phenoxy) is 2. The minimum atomic E-state index is -3.18. The molecule has 1 aliphatic heterocycles. The van der Waals surface area contributed by atoms with Gasteiger partial charge in [0.05, 0.1) is 4.75 Å². The lowest BCUT2D eigenvalue weighted by Crippen LogP contribution is -2.51. The van der Waals surface area contributed by atoms with Crippen LogP contribution in [0.2, 0.25) is 0 Å². The molecule has 18 heavy (non-hydrogen) atoms. The molecule has 0 aromatic heterocycles. The first-order valence-electron chi connectivity index (χ1n) is 6.25. The highest BCUT2D eigenvalue weighted by molar-refractivity contribution is 7.92. The van der Waals surface area contributed by atoms with Crippen molar-refractivity contribution in [3.63, 3.8) is 0 Å². The zero-order valence-corrected chi connectivity index (χ0v) is 12.5. The molecule has 5 nitrogen and oxygen atoms in total. The van der Waals surface area contributed by atoms with Crippen molar-refractivity contribution in [2.45, 2.75) is 62.9 Å². The lowest BCUT2D eigenvalue weighted by atomic mass is 9.90. The predicted molar refractivity (Wildman–Crippen MR) is 68.6 cm³/mol. The Morgan fingerprint density at radius 1 is 1.33 bits per heavy atom. The van der Waals surface area contributed by atoms with E-state index in [1.54, 1.807) is 13.8 Å². The van der Waals surface area contributed by atoms with Gasteiger partial charge in [0.2, 0.25) is 0 Å². The molecule has 0 amide bonds. The molecule has 2 N–H and O–H groups in total. The second-order valence-electron chi connectivity index (χ2n) is 6.52. The summed E-state index contributed by atoms with van der Waals surface area (Å²) in [5.74, 6) is -0.884. The van der Waals surface area contributed by atoms with Crippen LogP contribution in [0.25, 0.3) is 0 Å². The summed E-state index contributed by atoms with van der Waals surface area (Å²) in [7, 11) is -3.18. The molecular weight excluding hydrogens is 254 g/mol. The van der Waals surface area contributed by atoms with E-state index in [0.29, 0.717) is 12.8 Å². The molecule has 1 heterocycles. The van der Waals surface area contributed by atoms with Crippen LogP contribution in [0.15, 0.2) is 0 Å². The van der Waals surface area contributed by atoms with Crippen molar-refractivity contribution in [1.82, 2.24) is 0 Å². The fraction of sp³-hybridized carbons (Fsp3) is 1.00. The molecule has 0 aromatic rings. The van der Waals surface area contributed by atoms with Gasteiger partial charge in [-0.05, 0) is 40.5 Å². The molecule has 6 heteroatoms. The van der Waals surface area contributed by atoms with E-state index >= 15 is 0 Å². The average Bonchev–Trinajstić information content (AvgIpc) is 2.50. The van der Waals surface area contributed by atoms with Crippen LogP contribution in [-0.2, 0) is 19.3 Å². The van der Waals surface area contributed by atoms with Gasteiger partial charge >= 0.3 is 0 Å². The number of nitrogens with two attached hydrogens (primary N) is 1. The van der Waals surface area contributed by atoms with Gasteiger partial charge in [0.25, 0.3) is 0 Å². The van der Waals surface area contributed by atoms with Crippen molar-refractivity contribution in [2.24, 2.45) is 11.7 Å². The van der Waals surface area contributed by atoms with Gasteiger partial charge in [-0.15, -0.1) is 0 Å². The predicted octanol–water partition coefficient (Wildman–Crippen LogP) is 1.03. The smallest absolute Gasteiger partial charge is 0.165 e. The van der Waals surface area contributed by atoms with Crippen LogP contribution in [-0.4, -0.2) is 37.0 Å². The zero-order valence-electron chi connectivity index (χ0n) is 11.7. The molecular formula is C12H23NO4S. The van der Waals surface area contributed by atoms with E-state index in [1.807, 2.05) is 13.8 Å². The third kappa shape index (κ3) is 1.99. The van der Waals surface area contributed by atoms with Crippen LogP contribution in [0.3, 0.4) is 0 Å². The molecule has 3 unspecified atom stereocenters. The molecule has 0 bridgehead atoms. The summed E-state index contributed by atoms with van der Waals surface area (Å²) >= 11 is 0. The number of hydrogen-bond donors (Lipinski definition) is 1. The molecule has 1 saturated heterocycles. The van der Waals surface area contributed by atoms with Crippen LogP contribution in [0.1, 0.15) is 40.5 Å². The Morgan fingerprint density at radius 3 is 2.39 bits per heavy atom. The minimum Gasteiger partial charge on any atom is -0.342 e. The van der Waals surface area contributed by atoms with E-state index in [-0.39, 0.29) is 12.0 Å². The molecule has 2 fully saturated rings. The van der Waals surface area contributed by atoms with Gasteiger partial charge in [-0.25, -0.2) is 8.42 Å². The van der Waals surface area contributed by atoms with E-state index in [4.69, 9.17) is 15.2 Å². The van der Waals surface area contributed by atoms with E-state index < -0.39 is 26.1 Å². The monoisotopic (exact) mass is 277 g/mol. The molecule has 106 valence electrons. The Bertz CT molecular complexity index is 457. The summed E-state index contributed by atoms with van der Waals surface area (Å²) in [5.41, 5.74) is 5.38. The molecule has 2 rings (SSSR count). The molecule has 2 aliphatic rings. The summed E-state index contributed by atoms with van der Waals surface area (Å²) in [4.78, 5) is 0. The van der Waals surface area contributed by atoms with Crippen LogP contribution < -0.4 is 5.73 Å². The second-order valence-corrected chi connectivity index (χ2v) is 9.11. The van der Waals surface area contributed by atoms with Crippen molar-refractivity contribution in [1.29, 1.82) is 0 Å². The summed E-state index contributed by atoms with van der Waals surface area (Å²) in [6.45, 7) is 7.11. The van der Waals surface area contributed by atoms with Crippen molar-refractivity contribution in [3.8, 4) is 0 Å². The van der Waals surface area contributed by atoms with Crippen molar-refractivity contribution >= 4 is 9.84 Å². The normalized spacial score (nSPS) is 39.9. The highest BCUT2D eigenvalue weighted by Crippen LogP contribution is 2.50. The van der Waals surface area contributed by atoms with Crippen LogP contribution in [0.5, 0.6) is 0 Å². The van der Waals surface area contributed by atoms with Gasteiger partial charge in [-0.2, -0.15) is 0 Å². The van der Waals surface area contributed by atoms with E-state index in [1.165, 1.54) is 6.26 Å². The summed E-state index contributed by atoms with van der Waals surface area (Å²) in [6.07, 6.45) is 2.24. The molecule has 0 radical (unpaired) electrons. The largest absolute Gasteiger partial charge is 0.342 e. The Balaban J connectivity index is 2.35. The van der Waals surface area contributed by atoms with Crippen LogP contribution in [0, 0.1) is 5.92 Å². The lowest BCUT2D eigenvalue weighted by molar-refractivity contribution is -0.170. The quantitative estimate of drug-likeness (QED) is 0.815. The summed E-state index contributed by atoms with van der Waals surface area (Å²) in [5, 5.41) is 0. The first-order valence-corrected chi connectivity index (χ1v) is 8.15. The van der Waals surface area contributed by atoms with Gasteiger partial charge < -0.3 is 15.2 Å². The third-order valence-corrected chi connectivity index (χ3v) is 6.60. The van der Waals surface area contributed by atoms with Crippen LogP contribution >= 0.6 is 0 Å². The average molecular weight is 277 g/mol. The number of fused-ring (bicyclic) bond motifs is 1. The minimum absolute atomic E-state index is 0.140. The molecule has 1 aliphatic carbocycles. The maximum Gasteiger partial charge on any atom is 0.165 e. The molecule has 0 aromatic carbocycles. The fourth-order valence-corrected chi connectivity index (χ4v) is 3.87. The SMILES string of the molecule is CC1(C)OC2C(C(C)(C)S(C)(=O)=O)CCC2(N)O1. The van der Waals surface area contributed by atoms with Gasteiger partial charge in [-0.1, -0.05) is 0 Å². The second kappa shape index (κ2) is 3.69. The van der Waals surface area contributed by atoms with Crippen molar-refractivity contribution < 1.29 is 17.9 Å². The van der Waals surface area contributed by atoms with E-state index in [9.17, 15) is 8.42 Å². The van der Waals surface area contributed by atoms with E-state index in [0.717, 1.165) is 0 Å².